The maximum atomic E-state index is 2.59. The lowest BCUT2D eigenvalue weighted by atomic mass is 9.80. The van der Waals surface area contributed by atoms with Crippen LogP contribution >= 0.6 is 0 Å². The first-order valence-electron chi connectivity index (χ1n) is 27.1. The van der Waals surface area contributed by atoms with Crippen molar-refractivity contribution in [3.8, 4) is 44.5 Å². The first-order chi connectivity index (χ1) is 37.0. The van der Waals surface area contributed by atoms with Crippen molar-refractivity contribution in [1.29, 1.82) is 0 Å². The van der Waals surface area contributed by atoms with Crippen molar-refractivity contribution in [3.63, 3.8) is 0 Å². The van der Waals surface area contributed by atoms with Gasteiger partial charge in [0.2, 0.25) is 0 Å². The van der Waals surface area contributed by atoms with Crippen LogP contribution in [0.2, 0.25) is 0 Å². The quantitative estimate of drug-likeness (QED) is 0.159. The molecule has 2 aliphatic heterocycles. The van der Waals surface area contributed by atoms with Gasteiger partial charge in [0.05, 0.1) is 0 Å². The number of hydrogen-bond donors (Lipinski definition) is 0. The van der Waals surface area contributed by atoms with E-state index in [1.54, 1.807) is 5.57 Å². The van der Waals surface area contributed by atoms with E-state index in [4.69, 9.17) is 0 Å². The summed E-state index contributed by atoms with van der Waals surface area (Å²) in [5.41, 5.74) is 25.9. The zero-order valence-electron chi connectivity index (χ0n) is 42.6. The van der Waals surface area contributed by atoms with Gasteiger partial charge in [-0.25, -0.2) is 0 Å². The molecule has 11 aromatic carbocycles. The molecule has 11 aromatic rings. The Labute approximate surface area is 440 Å². The Morgan fingerprint density at radius 3 is 1.60 bits per heavy atom. The second-order valence-corrected chi connectivity index (χ2v) is 21.7. The predicted molar refractivity (Wildman–Crippen MR) is 317 cm³/mol. The van der Waals surface area contributed by atoms with Gasteiger partial charge in [0, 0.05) is 39.5 Å². The van der Waals surface area contributed by atoms with Gasteiger partial charge in [-0.3, -0.25) is 0 Å². The third-order valence-corrected chi connectivity index (χ3v) is 17.3. The van der Waals surface area contributed by atoms with Gasteiger partial charge in [0.15, 0.2) is 0 Å². The average molecular weight is 961 g/mol. The summed E-state index contributed by atoms with van der Waals surface area (Å²) in [6.07, 6.45) is 11.1. The van der Waals surface area contributed by atoms with Crippen molar-refractivity contribution in [2.24, 2.45) is 0 Å². The van der Waals surface area contributed by atoms with Crippen molar-refractivity contribution in [2.45, 2.75) is 57.8 Å². The molecule has 0 radical (unpaired) electrons. The number of fused-ring (bicyclic) bond motifs is 9. The molecule has 2 nitrogen and oxygen atoms in total. The number of para-hydroxylation sites is 3. The maximum absolute atomic E-state index is 2.59. The Morgan fingerprint density at radius 2 is 0.880 bits per heavy atom. The topological polar surface area (TPSA) is 6.48 Å². The Balaban J connectivity index is 1.08. The zero-order chi connectivity index (χ0) is 49.8. The monoisotopic (exact) mass is 960 g/mol. The van der Waals surface area contributed by atoms with E-state index in [1.807, 2.05) is 0 Å². The normalized spacial score (nSPS) is 15.2. The van der Waals surface area contributed by atoms with Crippen LogP contribution in [0.25, 0.3) is 76.8 Å². The summed E-state index contributed by atoms with van der Waals surface area (Å²) >= 11 is 0. The van der Waals surface area contributed by atoms with Gasteiger partial charge >= 0.3 is 0 Å². The summed E-state index contributed by atoms with van der Waals surface area (Å²) in [7, 11) is 0. The highest BCUT2D eigenvalue weighted by molar-refractivity contribution is 6.25. The van der Waals surface area contributed by atoms with Crippen molar-refractivity contribution >= 4 is 60.8 Å². The van der Waals surface area contributed by atoms with Crippen molar-refractivity contribution < 1.29 is 0 Å². The zero-order valence-corrected chi connectivity index (χ0v) is 42.6. The molecule has 0 atom stereocenters. The van der Waals surface area contributed by atoms with Crippen LogP contribution in [-0.2, 0) is 24.7 Å². The Bertz CT molecular complexity index is 4180. The van der Waals surface area contributed by atoms with Crippen LogP contribution in [0.4, 0.5) is 28.4 Å². The molecule has 0 saturated carbocycles. The second kappa shape index (κ2) is 17.2. The van der Waals surface area contributed by atoms with E-state index in [9.17, 15) is 0 Å². The van der Waals surface area contributed by atoms with E-state index < -0.39 is 0 Å². The molecule has 2 heteroatoms. The summed E-state index contributed by atoms with van der Waals surface area (Å²) in [4.78, 5) is 5.13. The lowest BCUT2D eigenvalue weighted by molar-refractivity contribution is 0.660. The van der Waals surface area contributed by atoms with Gasteiger partial charge < -0.3 is 9.80 Å². The van der Waals surface area contributed by atoms with Gasteiger partial charge in [-0.2, -0.15) is 0 Å². The highest BCUT2D eigenvalue weighted by Crippen LogP contribution is 2.54. The second-order valence-electron chi connectivity index (χ2n) is 21.7. The molecule has 0 unspecified atom stereocenters. The van der Waals surface area contributed by atoms with Crippen molar-refractivity contribution in [3.05, 3.63) is 270 Å². The highest BCUT2D eigenvalue weighted by Gasteiger charge is 2.36. The van der Waals surface area contributed by atoms with Crippen LogP contribution in [0.5, 0.6) is 0 Å². The SMILES string of the molecule is CC1(C)c2ccccc2-c2ccc(-c3c4cc(N5C6=C(CCC=C6)CCc6ccccc65)ccc4c(-c4ccc(-c5ccccc5)c5ccccc45)c4cc(N5c6ccccc6CCc6ccccc65)ccc34)cc21. The van der Waals surface area contributed by atoms with E-state index in [1.165, 1.54) is 133 Å². The first kappa shape index (κ1) is 43.8. The smallest absolute Gasteiger partial charge is 0.0493 e. The maximum Gasteiger partial charge on any atom is 0.0493 e. The van der Waals surface area contributed by atoms with Gasteiger partial charge in [0.1, 0.15) is 0 Å². The molecule has 0 spiro atoms. The standard InChI is InChI=1S/C73H56N2/c1-73(2)65-27-13-12-26-58(65)59-39-36-52(44-66(59)73)71-61-40-37-54(75-69-30-16-8-22-50(69)34-35-51-23-9-17-31-70(51)75)46-64(61)72(60-43-42-55(47-18-4-3-5-19-47)56-24-10-11-25-57(56)60)62-41-38-53(45-63(62)71)74-67-28-14-6-20-48(67)32-33-49-21-7-15-29-68(49)74/h3-6,8-20,22-31,36-46H,7,21,32-35H2,1-2H3. The van der Waals surface area contributed by atoms with Gasteiger partial charge in [-0.1, -0.05) is 190 Å². The third kappa shape index (κ3) is 6.85. The summed E-state index contributed by atoms with van der Waals surface area (Å²) in [5.74, 6) is 0. The fraction of sp³-hybridized carbons (Fsp3) is 0.123. The predicted octanol–water partition coefficient (Wildman–Crippen LogP) is 19.7. The van der Waals surface area contributed by atoms with Crippen LogP contribution in [0.15, 0.2) is 242 Å². The van der Waals surface area contributed by atoms with Crippen LogP contribution in [0.1, 0.15) is 60.9 Å². The highest BCUT2D eigenvalue weighted by atomic mass is 15.2. The Morgan fingerprint density at radius 1 is 0.347 bits per heavy atom. The number of allylic oxidation sites excluding steroid dienone is 3. The summed E-state index contributed by atoms with van der Waals surface area (Å²) < 4.78 is 0. The lowest BCUT2D eigenvalue weighted by Gasteiger charge is -2.31. The van der Waals surface area contributed by atoms with Crippen molar-refractivity contribution in [2.75, 3.05) is 9.80 Å². The van der Waals surface area contributed by atoms with Crippen molar-refractivity contribution in [1.82, 2.24) is 0 Å². The fourth-order valence-corrected chi connectivity index (χ4v) is 13.7. The molecule has 4 aliphatic rings. The van der Waals surface area contributed by atoms with Crippen LogP contribution in [-0.4, -0.2) is 0 Å². The van der Waals surface area contributed by atoms with Crippen LogP contribution < -0.4 is 9.80 Å². The molecule has 2 heterocycles. The minimum atomic E-state index is -0.162. The Kier molecular flexibility index (Phi) is 10.0. The molecule has 75 heavy (non-hydrogen) atoms. The number of rotatable bonds is 5. The van der Waals surface area contributed by atoms with Crippen LogP contribution in [0.3, 0.4) is 0 Å². The molecular formula is C73H56N2. The molecule has 0 N–H and O–H groups in total. The van der Waals surface area contributed by atoms with E-state index in [-0.39, 0.29) is 5.41 Å². The minimum Gasteiger partial charge on any atom is -0.310 e. The Hall–Kier alpha value is -8.72. The third-order valence-electron chi connectivity index (χ3n) is 17.3. The number of benzene rings is 11. The van der Waals surface area contributed by atoms with E-state index in [0.29, 0.717) is 0 Å². The summed E-state index contributed by atoms with van der Waals surface area (Å²) in [6.45, 7) is 4.82. The molecular weight excluding hydrogens is 905 g/mol. The molecule has 15 rings (SSSR count). The number of aryl methyl sites for hydroxylation is 3. The molecule has 0 amide bonds. The van der Waals surface area contributed by atoms with E-state index in [2.05, 4.69) is 254 Å². The van der Waals surface area contributed by atoms with Gasteiger partial charge in [-0.05, 0) is 203 Å². The van der Waals surface area contributed by atoms with E-state index in [0.717, 1.165) is 44.2 Å². The fourth-order valence-electron chi connectivity index (χ4n) is 13.7. The van der Waals surface area contributed by atoms with Gasteiger partial charge in [-0.15, -0.1) is 0 Å². The number of anilines is 5. The molecule has 358 valence electrons. The molecule has 0 aromatic heterocycles. The molecule has 2 aliphatic carbocycles. The lowest BCUT2D eigenvalue weighted by Crippen LogP contribution is -2.18. The molecule has 0 fully saturated rings. The largest absolute Gasteiger partial charge is 0.310 e. The number of hydrogen-bond acceptors (Lipinski definition) is 2. The van der Waals surface area contributed by atoms with Crippen LogP contribution in [0, 0.1) is 0 Å². The summed E-state index contributed by atoms with van der Waals surface area (Å²) in [5, 5.41) is 7.47. The minimum absolute atomic E-state index is 0.162. The summed E-state index contributed by atoms with van der Waals surface area (Å²) in [6, 6.07) is 83.2. The molecule has 0 bridgehead atoms. The molecule has 0 saturated heterocycles. The first-order valence-corrected chi connectivity index (χ1v) is 27.1. The van der Waals surface area contributed by atoms with E-state index >= 15 is 0 Å². The average Bonchev–Trinajstić information content (AvgIpc) is 3.59. The van der Waals surface area contributed by atoms with Gasteiger partial charge in [0.25, 0.3) is 0 Å². The number of nitrogens with zero attached hydrogens (tertiary/aromatic N) is 2.